The Balaban J connectivity index is 2.75. The van der Waals surface area contributed by atoms with Crippen molar-refractivity contribution in [2.45, 2.75) is 39.8 Å². The van der Waals surface area contributed by atoms with E-state index in [1.165, 1.54) is 5.82 Å². The molecule has 1 rings (SSSR count). The van der Waals surface area contributed by atoms with E-state index in [4.69, 9.17) is 5.11 Å². The Hall–Kier alpha value is -1.32. The Labute approximate surface area is 83.8 Å². The van der Waals surface area contributed by atoms with Gasteiger partial charge in [-0.05, 0) is 6.92 Å². The third-order valence-electron chi connectivity index (χ3n) is 2.31. The first-order valence-corrected chi connectivity index (χ1v) is 4.98. The van der Waals surface area contributed by atoms with E-state index in [9.17, 15) is 4.79 Å². The van der Waals surface area contributed by atoms with E-state index < -0.39 is 5.97 Å². The van der Waals surface area contributed by atoms with Crippen LogP contribution in [0.15, 0.2) is 12.4 Å². The fraction of sp³-hybridized carbons (Fsp3) is 0.600. The zero-order chi connectivity index (χ0) is 10.6. The smallest absolute Gasteiger partial charge is 0.307 e. The van der Waals surface area contributed by atoms with E-state index in [0.717, 1.165) is 13.0 Å². The van der Waals surface area contributed by atoms with Crippen LogP contribution in [0.2, 0.25) is 0 Å². The first-order chi connectivity index (χ1) is 6.69. The molecule has 0 aromatic carbocycles. The van der Waals surface area contributed by atoms with Gasteiger partial charge in [0.15, 0.2) is 0 Å². The minimum absolute atomic E-state index is 0.186. The number of hydrogen-bond donors (Lipinski definition) is 1. The first kappa shape index (κ1) is 10.8. The fourth-order valence-electron chi connectivity index (χ4n) is 1.61. The van der Waals surface area contributed by atoms with Gasteiger partial charge in [-0.2, -0.15) is 0 Å². The van der Waals surface area contributed by atoms with E-state index >= 15 is 0 Å². The number of imidazole rings is 1. The Morgan fingerprint density at radius 3 is 2.79 bits per heavy atom. The van der Waals surface area contributed by atoms with Gasteiger partial charge in [-0.3, -0.25) is 4.79 Å². The fourth-order valence-corrected chi connectivity index (χ4v) is 1.61. The molecule has 0 aliphatic rings. The summed E-state index contributed by atoms with van der Waals surface area (Å²) < 4.78 is 4.15. The molecule has 0 unspecified atom stereocenters. The van der Waals surface area contributed by atoms with Crippen molar-refractivity contribution < 1.29 is 14.5 Å². The predicted octanol–water partition coefficient (Wildman–Crippen LogP) is 0.833. The molecule has 1 aromatic heterocycles. The molecule has 14 heavy (non-hydrogen) atoms. The third kappa shape index (κ3) is 2.34. The van der Waals surface area contributed by atoms with Crippen LogP contribution in [0.4, 0.5) is 0 Å². The normalized spacial score (nSPS) is 10.4. The van der Waals surface area contributed by atoms with Gasteiger partial charge in [0.1, 0.15) is 18.9 Å². The Morgan fingerprint density at radius 1 is 1.57 bits per heavy atom. The summed E-state index contributed by atoms with van der Waals surface area (Å²) in [6.07, 6.45) is 5.07. The molecule has 4 heteroatoms. The van der Waals surface area contributed by atoms with Crippen LogP contribution >= 0.6 is 0 Å². The maximum atomic E-state index is 10.4. The number of carbonyl (C=O) groups is 1. The number of hydrogen-bond acceptors (Lipinski definition) is 1. The molecule has 0 aliphatic heterocycles. The summed E-state index contributed by atoms with van der Waals surface area (Å²) in [5, 5.41) is 8.58. The van der Waals surface area contributed by atoms with Crippen LogP contribution in [-0.4, -0.2) is 15.6 Å². The second-order valence-electron chi connectivity index (χ2n) is 3.19. The number of carboxylic acid groups (broad SMARTS) is 1. The van der Waals surface area contributed by atoms with Gasteiger partial charge < -0.3 is 5.11 Å². The van der Waals surface area contributed by atoms with Gasteiger partial charge >= 0.3 is 5.97 Å². The highest BCUT2D eigenvalue weighted by atomic mass is 16.4. The molecule has 0 amide bonds. The Kier molecular flexibility index (Phi) is 3.68. The van der Waals surface area contributed by atoms with E-state index in [1.807, 2.05) is 17.0 Å². The molecule has 0 fully saturated rings. The van der Waals surface area contributed by atoms with Crippen LogP contribution in [0.25, 0.3) is 0 Å². The number of nitrogens with zero attached hydrogens (tertiary/aromatic N) is 2. The third-order valence-corrected chi connectivity index (χ3v) is 2.31. The molecule has 0 radical (unpaired) electrons. The molecule has 0 atom stereocenters. The van der Waals surface area contributed by atoms with Crippen LogP contribution in [0, 0.1) is 0 Å². The van der Waals surface area contributed by atoms with Crippen LogP contribution in [0.5, 0.6) is 0 Å². The van der Waals surface area contributed by atoms with E-state index in [-0.39, 0.29) is 6.42 Å². The molecule has 0 spiro atoms. The Bertz CT molecular complexity index is 318. The lowest BCUT2D eigenvalue weighted by atomic mass is 10.4. The molecule has 0 saturated heterocycles. The number of aryl methyl sites for hydroxylation is 2. The second kappa shape index (κ2) is 4.79. The number of carboxylic acids is 1. The topological polar surface area (TPSA) is 46.1 Å². The summed E-state index contributed by atoms with van der Waals surface area (Å²) in [5.74, 6) is 0.442. The molecule has 4 nitrogen and oxygen atoms in total. The lowest BCUT2D eigenvalue weighted by Crippen LogP contribution is -2.37. The van der Waals surface area contributed by atoms with Crippen LogP contribution in [0.1, 0.15) is 26.1 Å². The maximum Gasteiger partial charge on any atom is 0.307 e. The highest BCUT2D eigenvalue weighted by Gasteiger charge is 2.14. The minimum atomic E-state index is -0.746. The molecule has 0 bridgehead atoms. The monoisotopic (exact) mass is 197 g/mol. The molecular formula is C10H17N2O2+. The molecule has 78 valence electrons. The van der Waals surface area contributed by atoms with Gasteiger partial charge in [0, 0.05) is 6.42 Å². The number of rotatable bonds is 5. The van der Waals surface area contributed by atoms with E-state index in [1.54, 1.807) is 0 Å². The van der Waals surface area contributed by atoms with Gasteiger partial charge in [0.25, 0.3) is 5.82 Å². The van der Waals surface area contributed by atoms with E-state index in [0.29, 0.717) is 6.54 Å². The summed E-state index contributed by atoms with van der Waals surface area (Å²) in [7, 11) is 0. The molecule has 1 N–H and O–H groups in total. The van der Waals surface area contributed by atoms with Gasteiger partial charge in [-0.15, -0.1) is 0 Å². The minimum Gasteiger partial charge on any atom is -0.481 e. The molecule has 1 heterocycles. The summed E-state index contributed by atoms with van der Waals surface area (Å²) in [5.41, 5.74) is 0. The van der Waals surface area contributed by atoms with Gasteiger partial charge in [-0.1, -0.05) is 6.92 Å². The summed E-state index contributed by atoms with van der Waals surface area (Å²) in [6, 6.07) is 0. The zero-order valence-corrected chi connectivity index (χ0v) is 8.73. The standard InChI is InChI=1S/C10H16N2O2/c1-3-9-11(4-2)7-8-12(9)6-5-10(13)14/h7-8H,3-6H2,1-2H3/p+1. The second-order valence-corrected chi connectivity index (χ2v) is 3.19. The zero-order valence-electron chi connectivity index (χ0n) is 8.73. The van der Waals surface area contributed by atoms with Gasteiger partial charge in [-0.25, -0.2) is 9.13 Å². The lowest BCUT2D eigenvalue weighted by molar-refractivity contribution is -0.702. The quantitative estimate of drug-likeness (QED) is 0.711. The van der Waals surface area contributed by atoms with Crippen molar-refractivity contribution in [3.63, 3.8) is 0 Å². The highest BCUT2D eigenvalue weighted by Crippen LogP contribution is 1.97. The van der Waals surface area contributed by atoms with E-state index in [2.05, 4.69) is 18.4 Å². The maximum absolute atomic E-state index is 10.4. The Morgan fingerprint density at radius 2 is 2.29 bits per heavy atom. The first-order valence-electron chi connectivity index (χ1n) is 4.98. The van der Waals surface area contributed by atoms with Crippen molar-refractivity contribution in [3.8, 4) is 0 Å². The average molecular weight is 197 g/mol. The summed E-state index contributed by atoms with van der Waals surface area (Å²) in [4.78, 5) is 10.4. The van der Waals surface area contributed by atoms with Gasteiger partial charge in [0.05, 0.1) is 13.0 Å². The average Bonchev–Trinajstić information content (AvgIpc) is 2.56. The predicted molar refractivity (Wildman–Crippen MR) is 51.9 cm³/mol. The van der Waals surface area contributed by atoms with Crippen molar-refractivity contribution >= 4 is 5.97 Å². The largest absolute Gasteiger partial charge is 0.481 e. The van der Waals surface area contributed by atoms with Crippen molar-refractivity contribution in [2.75, 3.05) is 0 Å². The molecular weight excluding hydrogens is 180 g/mol. The SMILES string of the molecule is CCc1n(CC)cc[n+]1CCC(=O)O. The van der Waals surface area contributed by atoms with Crippen LogP contribution in [0.3, 0.4) is 0 Å². The van der Waals surface area contributed by atoms with Crippen LogP contribution in [-0.2, 0) is 24.3 Å². The number of aromatic nitrogens is 2. The molecule has 0 saturated carbocycles. The molecule has 0 aliphatic carbocycles. The van der Waals surface area contributed by atoms with Gasteiger partial charge in [0.2, 0.25) is 0 Å². The van der Waals surface area contributed by atoms with Crippen molar-refractivity contribution in [1.29, 1.82) is 0 Å². The highest BCUT2D eigenvalue weighted by molar-refractivity contribution is 5.66. The van der Waals surface area contributed by atoms with Crippen molar-refractivity contribution in [3.05, 3.63) is 18.2 Å². The summed E-state index contributed by atoms with van der Waals surface area (Å²) in [6.45, 7) is 5.66. The molecule has 1 aromatic rings. The van der Waals surface area contributed by atoms with Crippen LogP contribution < -0.4 is 4.57 Å². The summed E-state index contributed by atoms with van der Waals surface area (Å²) >= 11 is 0. The van der Waals surface area contributed by atoms with Crippen molar-refractivity contribution in [2.24, 2.45) is 0 Å². The van der Waals surface area contributed by atoms with Crippen molar-refractivity contribution in [1.82, 2.24) is 4.57 Å². The lowest BCUT2D eigenvalue weighted by Gasteiger charge is -1.99. The number of aliphatic carboxylic acids is 1.